The van der Waals surface area contributed by atoms with E-state index in [9.17, 15) is 13.2 Å². The Labute approximate surface area is 239 Å². The van der Waals surface area contributed by atoms with Gasteiger partial charge in [0.15, 0.2) is 5.78 Å². The van der Waals surface area contributed by atoms with Gasteiger partial charge in [-0.2, -0.15) is 0 Å². The van der Waals surface area contributed by atoms with Crippen LogP contribution in [0.4, 0.5) is 5.69 Å². The molecule has 0 radical (unpaired) electrons. The summed E-state index contributed by atoms with van der Waals surface area (Å²) in [6, 6.07) is 12.3. The minimum absolute atomic E-state index is 0. The Morgan fingerprint density at radius 3 is 2.12 bits per heavy atom. The van der Waals surface area contributed by atoms with Crippen molar-refractivity contribution in [2.75, 3.05) is 37.2 Å². The molecule has 8 nitrogen and oxygen atoms in total. The summed E-state index contributed by atoms with van der Waals surface area (Å²) in [7, 11) is -3.45. The van der Waals surface area contributed by atoms with Gasteiger partial charge in [0.1, 0.15) is 17.1 Å². The van der Waals surface area contributed by atoms with Gasteiger partial charge in [0.2, 0.25) is 10.0 Å². The molecule has 0 aliphatic rings. The monoisotopic (exact) mass is 574 g/mol. The van der Waals surface area contributed by atoms with Gasteiger partial charge in [-0.3, -0.25) is 9.52 Å². The third kappa shape index (κ3) is 9.94. The predicted octanol–water partition coefficient (Wildman–Crippen LogP) is 6.22. The number of sulfonamides is 1. The summed E-state index contributed by atoms with van der Waals surface area (Å²) >= 11 is 0. The molecule has 3 N–H and O–H groups in total. The average molecular weight is 575 g/mol. The molecule has 222 valence electrons. The number of benzene rings is 2. The van der Waals surface area contributed by atoms with Gasteiger partial charge in [0.25, 0.3) is 0 Å². The Morgan fingerprint density at radius 1 is 0.900 bits per heavy atom. The zero-order valence-corrected chi connectivity index (χ0v) is 25.2. The highest BCUT2D eigenvalue weighted by Crippen LogP contribution is 2.32. The molecule has 3 aromatic rings. The molecule has 0 atom stereocenters. The summed E-state index contributed by atoms with van der Waals surface area (Å²) in [6.45, 7) is 10.5. The number of hydrogen-bond donors (Lipinski definition) is 1. The number of hydrogen-bond acceptors (Lipinski definition) is 6. The second-order valence-electron chi connectivity index (χ2n) is 10.2. The molecule has 0 bridgehead atoms. The first-order chi connectivity index (χ1) is 18.8. The molecule has 0 aliphatic carbocycles. The molecule has 2 aromatic carbocycles. The van der Waals surface area contributed by atoms with E-state index in [4.69, 9.17) is 9.15 Å². The zero-order chi connectivity index (χ0) is 28.3. The maximum atomic E-state index is 13.7. The number of furan rings is 1. The Morgan fingerprint density at radius 2 is 1.52 bits per heavy atom. The number of ether oxygens (including phenoxy) is 1. The van der Waals surface area contributed by atoms with Crippen LogP contribution < -0.4 is 9.46 Å². The second-order valence-corrected chi connectivity index (χ2v) is 11.9. The van der Waals surface area contributed by atoms with E-state index < -0.39 is 10.0 Å². The van der Waals surface area contributed by atoms with Crippen LogP contribution in [0.25, 0.3) is 11.0 Å². The van der Waals surface area contributed by atoms with Gasteiger partial charge in [-0.05, 0) is 81.2 Å². The van der Waals surface area contributed by atoms with Gasteiger partial charge >= 0.3 is 0 Å². The summed E-state index contributed by atoms with van der Waals surface area (Å²) in [5.74, 6) is 1.22. The van der Waals surface area contributed by atoms with Gasteiger partial charge < -0.3 is 19.5 Å². The largest absolute Gasteiger partial charge is 0.494 e. The molecular formula is C31H46N2O6S. The Kier molecular flexibility index (Phi) is 13.7. The van der Waals surface area contributed by atoms with Crippen LogP contribution in [0, 0.1) is 0 Å². The van der Waals surface area contributed by atoms with Crippen LogP contribution in [0.1, 0.15) is 87.4 Å². The Hall–Kier alpha value is -2.88. The van der Waals surface area contributed by atoms with Crippen LogP contribution in [0.3, 0.4) is 0 Å². The number of anilines is 1. The van der Waals surface area contributed by atoms with Gasteiger partial charge in [-0.25, -0.2) is 8.42 Å². The van der Waals surface area contributed by atoms with Crippen LogP contribution in [0.15, 0.2) is 46.9 Å². The van der Waals surface area contributed by atoms with Crippen molar-refractivity contribution >= 4 is 32.5 Å². The first-order valence-corrected chi connectivity index (χ1v) is 16.2. The quantitative estimate of drug-likeness (QED) is 0.142. The lowest BCUT2D eigenvalue weighted by Crippen LogP contribution is -2.28. The lowest BCUT2D eigenvalue weighted by Gasteiger charge is -2.21. The van der Waals surface area contributed by atoms with E-state index in [-0.39, 0.29) is 11.3 Å². The number of nitrogens with one attached hydrogen (secondary N) is 1. The third-order valence-electron chi connectivity index (χ3n) is 6.71. The molecule has 0 spiro atoms. The minimum atomic E-state index is -3.45. The molecule has 0 aliphatic heterocycles. The van der Waals surface area contributed by atoms with E-state index in [1.54, 1.807) is 30.3 Å². The van der Waals surface area contributed by atoms with E-state index in [1.807, 2.05) is 12.1 Å². The molecule has 1 aromatic heterocycles. The highest BCUT2D eigenvalue weighted by molar-refractivity contribution is 7.92. The van der Waals surface area contributed by atoms with Gasteiger partial charge in [-0.15, -0.1) is 0 Å². The average Bonchev–Trinajstić information content (AvgIpc) is 3.27. The molecule has 1 heterocycles. The fourth-order valence-electron chi connectivity index (χ4n) is 4.61. The van der Waals surface area contributed by atoms with Crippen LogP contribution in [-0.4, -0.2) is 57.1 Å². The van der Waals surface area contributed by atoms with Gasteiger partial charge in [0.05, 0.1) is 18.4 Å². The highest BCUT2D eigenvalue weighted by atomic mass is 32.2. The molecular weight excluding hydrogens is 528 g/mol. The summed E-state index contributed by atoms with van der Waals surface area (Å²) in [6.07, 6.45) is 9.40. The van der Waals surface area contributed by atoms with E-state index in [2.05, 4.69) is 30.4 Å². The lowest BCUT2D eigenvalue weighted by atomic mass is 9.98. The van der Waals surface area contributed by atoms with Crippen molar-refractivity contribution in [2.45, 2.75) is 72.1 Å². The van der Waals surface area contributed by atoms with Gasteiger partial charge in [-0.1, -0.05) is 40.0 Å². The van der Waals surface area contributed by atoms with Crippen molar-refractivity contribution < 1.29 is 27.8 Å². The van der Waals surface area contributed by atoms with E-state index in [0.29, 0.717) is 46.6 Å². The SMILES string of the molecule is CCCCc1oc2ccc(NS(C)(=O)=O)cc2c1C(=O)c1ccc(OCCCN(CCCC)CCCC)cc1.O. The standard InChI is InChI=1S/C31H44N2O5S.H2O/c1-5-8-12-29-30(27-23-25(32-39(4,35)36)15-18-28(27)38-29)31(34)24-13-16-26(17-14-24)37-22-11-21-33(19-9-6-2)20-10-7-3;/h13-18,23,32H,5-12,19-22H2,1-4H3;1H2. The number of unbranched alkanes of at least 4 members (excludes halogenated alkanes) is 3. The van der Waals surface area contributed by atoms with Crippen molar-refractivity contribution in [1.29, 1.82) is 0 Å². The molecule has 3 rings (SSSR count). The molecule has 0 saturated carbocycles. The van der Waals surface area contributed by atoms with Gasteiger partial charge in [0, 0.05) is 29.6 Å². The minimum Gasteiger partial charge on any atom is -0.494 e. The topological polar surface area (TPSA) is 120 Å². The molecule has 0 unspecified atom stereocenters. The first kappa shape index (κ1) is 33.3. The number of aryl methyl sites for hydroxylation is 1. The number of nitrogens with zero attached hydrogens (tertiary/aromatic N) is 1. The summed E-state index contributed by atoms with van der Waals surface area (Å²) < 4.78 is 38.0. The molecule has 0 amide bonds. The van der Waals surface area contributed by atoms with Crippen LogP contribution >= 0.6 is 0 Å². The van der Waals surface area contributed by atoms with E-state index in [0.717, 1.165) is 50.9 Å². The maximum absolute atomic E-state index is 13.7. The highest BCUT2D eigenvalue weighted by Gasteiger charge is 2.22. The number of fused-ring (bicyclic) bond motifs is 1. The number of rotatable bonds is 18. The number of carbonyl (C=O) groups excluding carboxylic acids is 1. The first-order valence-electron chi connectivity index (χ1n) is 14.3. The second kappa shape index (κ2) is 16.4. The lowest BCUT2D eigenvalue weighted by molar-refractivity contribution is 0.103. The number of carbonyl (C=O) groups is 1. The van der Waals surface area contributed by atoms with Crippen molar-refractivity contribution in [2.24, 2.45) is 0 Å². The van der Waals surface area contributed by atoms with Crippen LogP contribution in [-0.2, 0) is 16.4 Å². The Bertz CT molecular complexity index is 1290. The van der Waals surface area contributed by atoms with Crippen molar-refractivity contribution in [3.8, 4) is 5.75 Å². The van der Waals surface area contributed by atoms with Crippen molar-refractivity contribution in [3.05, 3.63) is 59.4 Å². The summed E-state index contributed by atoms with van der Waals surface area (Å²) in [5.41, 5.74) is 1.99. The number of ketones is 1. The molecule has 40 heavy (non-hydrogen) atoms. The summed E-state index contributed by atoms with van der Waals surface area (Å²) in [5, 5.41) is 0.607. The molecule has 0 fully saturated rings. The predicted molar refractivity (Wildman–Crippen MR) is 163 cm³/mol. The van der Waals surface area contributed by atoms with Crippen LogP contribution in [0.5, 0.6) is 5.75 Å². The van der Waals surface area contributed by atoms with E-state index >= 15 is 0 Å². The van der Waals surface area contributed by atoms with Crippen LogP contribution in [0.2, 0.25) is 0 Å². The van der Waals surface area contributed by atoms with Crippen molar-refractivity contribution in [1.82, 2.24) is 4.90 Å². The molecule has 0 saturated heterocycles. The Balaban J connectivity index is 0.00000560. The normalized spacial score (nSPS) is 11.5. The fourth-order valence-corrected chi connectivity index (χ4v) is 5.17. The third-order valence-corrected chi connectivity index (χ3v) is 7.31. The molecule has 9 heteroatoms. The van der Waals surface area contributed by atoms with Crippen molar-refractivity contribution in [3.63, 3.8) is 0 Å². The summed E-state index contributed by atoms with van der Waals surface area (Å²) in [4.78, 5) is 16.2. The smallest absolute Gasteiger partial charge is 0.229 e. The zero-order valence-electron chi connectivity index (χ0n) is 24.4. The maximum Gasteiger partial charge on any atom is 0.229 e. The fraction of sp³-hybridized carbons (Fsp3) is 0.516. The van der Waals surface area contributed by atoms with E-state index in [1.165, 1.54) is 25.7 Å².